The number of fused-ring (bicyclic) bond motifs is 5. The number of alkyl halides is 2. The first-order valence-corrected chi connectivity index (χ1v) is 12.8. The molecule has 0 saturated heterocycles. The fraction of sp³-hybridized carbons (Fsp3) is 0.464. The summed E-state index contributed by atoms with van der Waals surface area (Å²) in [5.41, 5.74) is 2.93. The zero-order valence-electron chi connectivity index (χ0n) is 20.5. The average molecular weight is 510 g/mol. The van der Waals surface area contributed by atoms with Crippen LogP contribution in [0.1, 0.15) is 55.3 Å². The summed E-state index contributed by atoms with van der Waals surface area (Å²) in [5.74, 6) is -0.541. The van der Waals surface area contributed by atoms with Gasteiger partial charge in [-0.3, -0.25) is 9.59 Å². The third-order valence-electron chi connectivity index (χ3n) is 8.79. The van der Waals surface area contributed by atoms with Crippen molar-refractivity contribution < 1.29 is 28.2 Å². The SMILES string of the molecule is O=C(CC12CCC(C(=O)O)(CC1)C2)N1CCc2c(n(Cc3cccc(OC(F)F)c3)c3ncccc23)C1. The molecule has 1 aromatic carbocycles. The largest absolute Gasteiger partial charge is 0.481 e. The van der Waals surface area contributed by atoms with E-state index < -0.39 is 18.0 Å². The minimum atomic E-state index is -2.89. The molecule has 1 amide bonds. The summed E-state index contributed by atoms with van der Waals surface area (Å²) in [5, 5.41) is 10.8. The Kier molecular flexibility index (Phi) is 5.69. The Hall–Kier alpha value is -3.49. The number of amides is 1. The number of hydrogen-bond donors (Lipinski definition) is 1. The third kappa shape index (κ3) is 4.14. The molecule has 9 heteroatoms. The predicted molar refractivity (Wildman–Crippen MR) is 131 cm³/mol. The van der Waals surface area contributed by atoms with E-state index in [1.165, 1.54) is 6.07 Å². The number of benzene rings is 1. The van der Waals surface area contributed by atoms with Crippen molar-refractivity contribution in [2.75, 3.05) is 6.54 Å². The lowest BCUT2D eigenvalue weighted by atomic mass is 9.80. The Balaban J connectivity index is 1.26. The van der Waals surface area contributed by atoms with Crippen LogP contribution in [0.2, 0.25) is 0 Å². The fourth-order valence-electron chi connectivity index (χ4n) is 6.94. The number of hydrogen-bond acceptors (Lipinski definition) is 4. The van der Waals surface area contributed by atoms with Gasteiger partial charge in [0.1, 0.15) is 11.4 Å². The van der Waals surface area contributed by atoms with Crippen molar-refractivity contribution in [2.24, 2.45) is 10.8 Å². The molecule has 37 heavy (non-hydrogen) atoms. The molecule has 0 spiro atoms. The normalized spacial score (nSPS) is 24.6. The fourth-order valence-corrected chi connectivity index (χ4v) is 6.94. The van der Waals surface area contributed by atoms with Gasteiger partial charge in [0.25, 0.3) is 0 Å². The van der Waals surface area contributed by atoms with E-state index in [9.17, 15) is 23.5 Å². The molecule has 3 aromatic rings. The van der Waals surface area contributed by atoms with Crippen molar-refractivity contribution in [3.05, 3.63) is 59.4 Å². The second-order valence-electron chi connectivity index (χ2n) is 10.9. The van der Waals surface area contributed by atoms with Crippen LogP contribution in [0, 0.1) is 10.8 Å². The molecule has 194 valence electrons. The lowest BCUT2D eigenvalue weighted by molar-refractivity contribution is -0.148. The molecule has 7 nitrogen and oxygen atoms in total. The predicted octanol–water partition coefficient (Wildman–Crippen LogP) is 5.00. The number of ether oxygens (including phenoxy) is 1. The van der Waals surface area contributed by atoms with Crippen LogP contribution in [-0.2, 0) is 29.1 Å². The summed E-state index contributed by atoms with van der Waals surface area (Å²) in [4.78, 5) is 31.9. The van der Waals surface area contributed by atoms with Gasteiger partial charge in [-0.1, -0.05) is 12.1 Å². The molecule has 0 radical (unpaired) electrons. The van der Waals surface area contributed by atoms with Gasteiger partial charge in [-0.05, 0) is 79.3 Å². The van der Waals surface area contributed by atoms with Gasteiger partial charge in [0, 0.05) is 36.8 Å². The Morgan fingerprint density at radius 1 is 1.14 bits per heavy atom. The number of halogens is 2. The van der Waals surface area contributed by atoms with E-state index in [2.05, 4.69) is 14.3 Å². The number of carbonyl (C=O) groups excluding carboxylic acids is 1. The summed E-state index contributed by atoms with van der Waals surface area (Å²) >= 11 is 0. The van der Waals surface area contributed by atoms with Gasteiger partial charge in [-0.15, -0.1) is 0 Å². The standard InChI is InChI=1S/C28H29F2N3O4/c29-26(30)37-19-4-1-3-18(13-19)15-33-22-16-32(12-6-20(22)21-5-2-11-31-24(21)33)23(34)14-27-7-9-28(17-27,10-8-27)25(35)36/h1-5,11,13,26H,6-10,12,14-17H2,(H,35,36). The van der Waals surface area contributed by atoms with E-state index in [4.69, 9.17) is 0 Å². The molecule has 0 atom stereocenters. The van der Waals surface area contributed by atoms with Crippen LogP contribution in [0.25, 0.3) is 11.0 Å². The molecule has 2 bridgehead atoms. The van der Waals surface area contributed by atoms with Crippen LogP contribution in [-0.4, -0.2) is 44.6 Å². The van der Waals surface area contributed by atoms with Crippen LogP contribution in [0.5, 0.6) is 5.75 Å². The molecule has 2 aliphatic carbocycles. The maximum absolute atomic E-state index is 13.5. The van der Waals surface area contributed by atoms with E-state index in [-0.39, 0.29) is 17.1 Å². The first kappa shape index (κ1) is 23.9. The molecule has 3 heterocycles. The average Bonchev–Trinajstić information content (AvgIpc) is 3.53. The Labute approximate surface area is 213 Å². The van der Waals surface area contributed by atoms with E-state index in [0.717, 1.165) is 40.7 Å². The lowest BCUT2D eigenvalue weighted by Gasteiger charge is -2.33. The maximum atomic E-state index is 13.5. The van der Waals surface area contributed by atoms with Gasteiger partial charge in [-0.2, -0.15) is 8.78 Å². The number of pyridine rings is 1. The van der Waals surface area contributed by atoms with Crippen LogP contribution < -0.4 is 4.74 Å². The molecule has 2 aromatic heterocycles. The van der Waals surface area contributed by atoms with Crippen molar-refractivity contribution >= 4 is 22.9 Å². The zero-order chi connectivity index (χ0) is 25.8. The highest BCUT2D eigenvalue weighted by Crippen LogP contribution is 2.63. The minimum Gasteiger partial charge on any atom is -0.481 e. The molecule has 6 rings (SSSR count). The molecule has 0 unspecified atom stereocenters. The summed E-state index contributed by atoms with van der Waals surface area (Å²) < 4.78 is 32.1. The van der Waals surface area contributed by atoms with Crippen LogP contribution in [0.15, 0.2) is 42.6 Å². The highest BCUT2D eigenvalue weighted by atomic mass is 19.3. The molecular weight excluding hydrogens is 480 g/mol. The second kappa shape index (κ2) is 8.82. The summed E-state index contributed by atoms with van der Waals surface area (Å²) in [7, 11) is 0. The summed E-state index contributed by atoms with van der Waals surface area (Å²) in [6, 6.07) is 10.6. The van der Waals surface area contributed by atoms with Crippen molar-refractivity contribution in [3.63, 3.8) is 0 Å². The van der Waals surface area contributed by atoms with Crippen LogP contribution in [0.4, 0.5) is 8.78 Å². The first-order chi connectivity index (χ1) is 17.8. The number of carbonyl (C=O) groups is 2. The van der Waals surface area contributed by atoms with Crippen molar-refractivity contribution in [1.29, 1.82) is 0 Å². The van der Waals surface area contributed by atoms with E-state index >= 15 is 0 Å². The number of carboxylic acids is 1. The number of rotatable bonds is 7. The number of aromatic nitrogens is 2. The van der Waals surface area contributed by atoms with Gasteiger partial charge in [-0.25, -0.2) is 4.98 Å². The monoisotopic (exact) mass is 509 g/mol. The maximum Gasteiger partial charge on any atom is 0.387 e. The topological polar surface area (TPSA) is 84.7 Å². The zero-order valence-corrected chi connectivity index (χ0v) is 20.5. The molecule has 2 saturated carbocycles. The quantitative estimate of drug-likeness (QED) is 0.485. The minimum absolute atomic E-state index is 0.0748. The summed E-state index contributed by atoms with van der Waals surface area (Å²) in [6.07, 6.45) is 6.34. The number of carboxylic acid groups (broad SMARTS) is 1. The van der Waals surface area contributed by atoms with Crippen LogP contribution in [0.3, 0.4) is 0 Å². The highest BCUT2D eigenvalue weighted by molar-refractivity contribution is 5.84. The molecule has 3 aliphatic rings. The smallest absolute Gasteiger partial charge is 0.387 e. The Bertz CT molecular complexity index is 1380. The van der Waals surface area contributed by atoms with Crippen molar-refractivity contribution in [2.45, 2.75) is 64.6 Å². The lowest BCUT2D eigenvalue weighted by Crippen LogP contribution is -2.39. The van der Waals surface area contributed by atoms with Gasteiger partial charge >= 0.3 is 12.6 Å². The van der Waals surface area contributed by atoms with Crippen LogP contribution >= 0.6 is 0 Å². The molecule has 1 aliphatic heterocycles. The number of aliphatic carboxylic acids is 1. The second-order valence-corrected chi connectivity index (χ2v) is 10.9. The van der Waals surface area contributed by atoms with Gasteiger partial charge in [0.15, 0.2) is 0 Å². The highest BCUT2D eigenvalue weighted by Gasteiger charge is 2.58. The Morgan fingerprint density at radius 3 is 2.68 bits per heavy atom. The molecular formula is C28H29F2N3O4. The number of nitrogens with zero attached hydrogens (tertiary/aromatic N) is 3. The van der Waals surface area contributed by atoms with E-state index in [0.29, 0.717) is 51.7 Å². The summed E-state index contributed by atoms with van der Waals surface area (Å²) in [6.45, 7) is -1.43. The van der Waals surface area contributed by atoms with E-state index in [1.54, 1.807) is 18.3 Å². The van der Waals surface area contributed by atoms with Gasteiger partial charge in [0.05, 0.1) is 12.0 Å². The van der Waals surface area contributed by atoms with Gasteiger partial charge < -0.3 is 19.3 Å². The van der Waals surface area contributed by atoms with Crippen molar-refractivity contribution in [3.8, 4) is 5.75 Å². The third-order valence-corrected chi connectivity index (χ3v) is 8.79. The first-order valence-electron chi connectivity index (χ1n) is 12.8. The van der Waals surface area contributed by atoms with Crippen molar-refractivity contribution in [1.82, 2.24) is 14.5 Å². The van der Waals surface area contributed by atoms with E-state index in [1.807, 2.05) is 23.1 Å². The molecule has 1 N–H and O–H groups in total. The Morgan fingerprint density at radius 2 is 1.95 bits per heavy atom. The molecule has 2 fully saturated rings. The van der Waals surface area contributed by atoms with Gasteiger partial charge in [0.2, 0.25) is 5.91 Å².